The van der Waals surface area contributed by atoms with E-state index in [1.807, 2.05) is 21.3 Å². The smallest absolute Gasteiger partial charge is 0.0612 e. The van der Waals surface area contributed by atoms with Crippen molar-refractivity contribution in [2.45, 2.75) is 422 Å². The van der Waals surface area contributed by atoms with Crippen LogP contribution in [0.2, 0.25) is 0 Å². The topological polar surface area (TPSA) is 169 Å². The van der Waals surface area contributed by atoms with Crippen molar-refractivity contribution < 1.29 is 50.0 Å². The van der Waals surface area contributed by atoms with Crippen LogP contribution in [0, 0.1) is 202 Å². The van der Waals surface area contributed by atoms with Crippen molar-refractivity contribution in [2.24, 2.45) is 202 Å². The van der Waals surface area contributed by atoms with Gasteiger partial charge >= 0.3 is 0 Å². The lowest BCUT2D eigenvalue weighted by Gasteiger charge is -2.63. The predicted molar refractivity (Wildman–Crippen MR) is 456 cm³/mol. The molecule has 20 aliphatic rings. The average molecular weight is 1570 g/mol. The molecule has 10 heteroatoms. The van der Waals surface area contributed by atoms with Crippen molar-refractivity contribution in [3.05, 3.63) is 0 Å². The fourth-order valence-corrected chi connectivity index (χ4v) is 38.6. The van der Waals surface area contributed by atoms with Crippen LogP contribution >= 0.6 is 0 Å². The van der Waals surface area contributed by atoms with E-state index in [0.717, 1.165) is 196 Å². The molecule has 0 saturated heterocycles. The number of aliphatic hydroxyl groups excluding tert-OH is 7. The Kier molecular flexibility index (Phi) is 24.1. The Morgan fingerprint density at radius 2 is 0.398 bits per heavy atom. The van der Waals surface area contributed by atoms with E-state index < -0.39 is 0 Å². The molecule has 7 N–H and O–H groups in total. The summed E-state index contributed by atoms with van der Waals surface area (Å²) in [6.45, 7) is 37.5. The van der Waals surface area contributed by atoms with E-state index in [1.165, 1.54) is 167 Å². The first kappa shape index (κ1) is 86.1. The zero-order valence-corrected chi connectivity index (χ0v) is 75.8. The van der Waals surface area contributed by atoms with Crippen LogP contribution in [0.1, 0.15) is 361 Å². The summed E-state index contributed by atoms with van der Waals surface area (Å²) in [5.41, 5.74) is 3.99. The summed E-state index contributed by atoms with van der Waals surface area (Å²) in [6, 6.07) is 0. The van der Waals surface area contributed by atoms with Crippen LogP contribution in [-0.2, 0) is 14.2 Å². The lowest BCUT2D eigenvalue weighted by atomic mass is 9.44. The second kappa shape index (κ2) is 31.7. The molecule has 648 valence electrons. The highest BCUT2D eigenvalue weighted by Gasteiger charge is 2.69. The Labute approximate surface area is 691 Å². The molecule has 0 unspecified atom stereocenters. The molecule has 20 saturated carbocycles. The Balaban J connectivity index is 0.000000107. The molecule has 0 radical (unpaired) electrons. The summed E-state index contributed by atoms with van der Waals surface area (Å²) < 4.78 is 18.5. The quantitative estimate of drug-likeness (QED) is 0.144. The van der Waals surface area contributed by atoms with Gasteiger partial charge in [0.05, 0.1) is 61.0 Å². The van der Waals surface area contributed by atoms with Crippen LogP contribution in [0.25, 0.3) is 0 Å². The largest absolute Gasteiger partial charge is 0.393 e. The Bertz CT molecular complexity index is 2970. The minimum atomic E-state index is -0.116. The van der Waals surface area contributed by atoms with Gasteiger partial charge in [0.15, 0.2) is 0 Å². The number of hydrogen-bond acceptors (Lipinski definition) is 10. The molecule has 113 heavy (non-hydrogen) atoms. The summed E-state index contributed by atoms with van der Waals surface area (Å²) in [4.78, 5) is 0. The van der Waals surface area contributed by atoms with Gasteiger partial charge in [-0.25, -0.2) is 0 Å². The second-order valence-corrected chi connectivity index (χ2v) is 49.4. The van der Waals surface area contributed by atoms with Gasteiger partial charge in [0.2, 0.25) is 0 Å². The van der Waals surface area contributed by atoms with Gasteiger partial charge in [-0.05, 0) is 459 Å². The van der Waals surface area contributed by atoms with Crippen LogP contribution in [0.4, 0.5) is 0 Å². The number of aliphatic hydroxyl groups is 7. The molecule has 0 aromatic heterocycles. The van der Waals surface area contributed by atoms with Crippen molar-refractivity contribution in [3.8, 4) is 0 Å². The van der Waals surface area contributed by atoms with Crippen molar-refractivity contribution in [3.63, 3.8) is 0 Å². The molecule has 20 rings (SSSR count). The maximum atomic E-state index is 11.1. The maximum absolute atomic E-state index is 11.1. The minimum Gasteiger partial charge on any atom is -0.393 e. The van der Waals surface area contributed by atoms with E-state index in [9.17, 15) is 35.7 Å². The molecule has 0 aliphatic heterocycles. The van der Waals surface area contributed by atoms with Crippen molar-refractivity contribution in [1.29, 1.82) is 0 Å². The highest BCUT2D eigenvalue weighted by atomic mass is 16.5. The van der Waals surface area contributed by atoms with Crippen LogP contribution < -0.4 is 0 Å². The Morgan fingerprint density at radius 1 is 0.212 bits per heavy atom. The van der Waals surface area contributed by atoms with Gasteiger partial charge in [0.25, 0.3) is 0 Å². The molecule has 20 fully saturated rings. The third-order valence-corrected chi connectivity index (χ3v) is 46.0. The summed E-state index contributed by atoms with van der Waals surface area (Å²) >= 11 is 0. The summed E-state index contributed by atoms with van der Waals surface area (Å²) in [5.74, 6) is 19.1. The predicted octanol–water partition coefficient (Wildman–Crippen LogP) is 21.9. The zero-order valence-electron chi connectivity index (χ0n) is 75.8. The van der Waals surface area contributed by atoms with E-state index in [-0.39, 0.29) is 53.6 Å². The van der Waals surface area contributed by atoms with E-state index in [2.05, 4.69) is 104 Å². The maximum Gasteiger partial charge on any atom is 0.0612 e. The molecule has 0 heterocycles. The number of fused-ring (bicyclic) bond motifs is 25. The molecule has 45 atom stereocenters. The lowest BCUT2D eigenvalue weighted by molar-refractivity contribution is -0.184. The highest BCUT2D eigenvalue weighted by molar-refractivity contribution is 5.18. The van der Waals surface area contributed by atoms with Gasteiger partial charge in [0, 0.05) is 21.3 Å². The van der Waals surface area contributed by atoms with Gasteiger partial charge < -0.3 is 50.0 Å². The van der Waals surface area contributed by atoms with Crippen LogP contribution in [0.5, 0.6) is 0 Å². The van der Waals surface area contributed by atoms with Crippen LogP contribution in [0.3, 0.4) is 0 Å². The standard InChI is InChI=1S/3C21H36O2.2C20H34O2/c3*1-13-5-8-17-16-7-6-14-11-15(22)9-10-20(14,2)19(16)18(23-4)12-21(13,17)3;2*1-12-4-7-16-15-6-5-13-10-14(21)8-9-19(13,2)18(15)17(22)11-20(12,16)3/h3*13-19,22H,5-12H2,1-4H3;2*12-18,21-22H,4-11H2,1-3H3/t2*13-,14+,15+,16-,17-,18-,19+,20-,21+;13-,14-,15+,16-,17-,18+,19+,20-,21+;12-,13+,14-,15+,16+,17-,18-,19+,20-;12-,13-,14+,15-,16-,17+,18+,19-,20+/m00010/s1. The first-order valence-corrected chi connectivity index (χ1v) is 49.8. The zero-order chi connectivity index (χ0) is 80.6. The fourth-order valence-electron chi connectivity index (χ4n) is 38.6. The number of ether oxygens (including phenoxy) is 3. The summed E-state index contributed by atoms with van der Waals surface area (Å²) in [6.07, 6.45) is 49.8. The van der Waals surface area contributed by atoms with Crippen LogP contribution in [0.15, 0.2) is 0 Å². The van der Waals surface area contributed by atoms with Gasteiger partial charge in [0.1, 0.15) is 0 Å². The molecule has 20 aliphatic carbocycles. The van der Waals surface area contributed by atoms with E-state index in [1.54, 1.807) is 0 Å². The molecule has 0 bridgehead atoms. The molecule has 10 nitrogen and oxygen atoms in total. The van der Waals surface area contributed by atoms with Crippen molar-refractivity contribution in [1.82, 2.24) is 0 Å². The first-order valence-electron chi connectivity index (χ1n) is 49.8. The fraction of sp³-hybridized carbons (Fsp3) is 1.00. The monoisotopic (exact) mass is 1570 g/mol. The third-order valence-electron chi connectivity index (χ3n) is 46.0. The van der Waals surface area contributed by atoms with Gasteiger partial charge in [-0.3, -0.25) is 0 Å². The number of hydrogen-bond donors (Lipinski definition) is 7. The summed E-state index contributed by atoms with van der Waals surface area (Å²) in [7, 11) is 5.86. The molecular formula is C103H176O10. The normalized spacial score (nSPS) is 59.9. The van der Waals surface area contributed by atoms with E-state index in [4.69, 9.17) is 14.2 Å². The Morgan fingerprint density at radius 3 is 0.602 bits per heavy atom. The first-order chi connectivity index (χ1) is 53.4. The van der Waals surface area contributed by atoms with Gasteiger partial charge in [-0.15, -0.1) is 0 Å². The molecule has 0 amide bonds. The van der Waals surface area contributed by atoms with Crippen molar-refractivity contribution in [2.75, 3.05) is 21.3 Å². The van der Waals surface area contributed by atoms with Gasteiger partial charge in [-0.1, -0.05) is 104 Å². The molecule has 0 spiro atoms. The number of methoxy groups -OCH3 is 3. The van der Waals surface area contributed by atoms with E-state index >= 15 is 0 Å². The molecular weight excluding hydrogens is 1400 g/mol. The molecule has 0 aromatic carbocycles. The summed E-state index contributed by atoms with van der Waals surface area (Å²) in [5, 5.41) is 73.0. The van der Waals surface area contributed by atoms with Crippen LogP contribution in [-0.4, -0.2) is 118 Å². The van der Waals surface area contributed by atoms with Gasteiger partial charge in [-0.2, -0.15) is 0 Å². The average Bonchev–Trinajstić information content (AvgIpc) is 1.71. The highest BCUT2D eigenvalue weighted by Crippen LogP contribution is 2.75. The SMILES string of the molecule is CO[C@@H]1C[C@]2(C)[C@@H](C)CC[C@H]2[C@@H]2CC[C@H]3C[C@H](O)CC[C@]3(C)[C@H]21.CO[C@H]1C[C@]2(C)[C@@H](C)CC[C@H]2[C@@H]2CC[C@@H]3C[C@H](O)CC[C@]3(C)[C@H]21.CO[C@H]1C[C@]2(C)[C@@H](C)CC[C@H]2[C@@H]2CC[C@@H]3C[C@H](O)CC[C@]3(C)[C@H]21.C[C@@H]1CC[C@H]2[C@@H]3CC[C@H]4C[C@H](O)CC[C@]4(C)[C@H]3[C@H](O)C[C@]12C.C[C@H]1CC[C@H]2[C@@H]3CC[C@H]4C[C@H](O)CC[C@]4(C)[C@H]3[C@H](O)C[C@]12C. The third kappa shape index (κ3) is 13.9. The number of rotatable bonds is 3. The second-order valence-electron chi connectivity index (χ2n) is 49.4. The lowest BCUT2D eigenvalue weighted by Crippen LogP contribution is -2.59. The van der Waals surface area contributed by atoms with Crippen molar-refractivity contribution >= 4 is 0 Å². The van der Waals surface area contributed by atoms with E-state index in [0.29, 0.717) is 103 Å². The Hall–Kier alpha value is -0.400. The molecule has 0 aromatic rings. The minimum absolute atomic E-state index is 0.0500.